The van der Waals surface area contributed by atoms with Gasteiger partial charge in [-0.15, -0.1) is 5.10 Å². The lowest BCUT2D eigenvalue weighted by molar-refractivity contribution is -0.166. The van der Waals surface area contributed by atoms with Crippen molar-refractivity contribution >= 4 is 23.2 Å². The molecule has 42 heavy (non-hydrogen) atoms. The maximum atomic E-state index is 13.2. The second kappa shape index (κ2) is 10.7. The summed E-state index contributed by atoms with van der Waals surface area (Å²) in [7, 11) is 1.32. The van der Waals surface area contributed by atoms with Crippen molar-refractivity contribution in [3.8, 4) is 28.7 Å². The van der Waals surface area contributed by atoms with Crippen LogP contribution in [0.1, 0.15) is 18.4 Å². The number of nitriles is 1. The fourth-order valence-corrected chi connectivity index (χ4v) is 5.14. The molecule has 0 radical (unpaired) electrons. The van der Waals surface area contributed by atoms with Crippen molar-refractivity contribution in [1.82, 2.24) is 39.8 Å². The number of pyridine rings is 1. The summed E-state index contributed by atoms with van der Waals surface area (Å²) in [6.45, 7) is -0.880. The van der Waals surface area contributed by atoms with Crippen molar-refractivity contribution in [2.45, 2.75) is 31.4 Å². The number of ether oxygens (including phenoxy) is 1. The largest absolute Gasteiger partial charge is 0.453 e. The Morgan fingerprint density at radius 1 is 1.19 bits per heavy atom. The summed E-state index contributed by atoms with van der Waals surface area (Å²) in [5.74, 6) is -3.01. The number of methoxy groups -OCH3 is 1. The molecule has 1 saturated heterocycles. The summed E-state index contributed by atoms with van der Waals surface area (Å²) in [5, 5.41) is 28.1. The van der Waals surface area contributed by atoms with Gasteiger partial charge in [-0.3, -0.25) is 9.78 Å². The number of carbonyl (C=O) groups is 2. The summed E-state index contributed by atoms with van der Waals surface area (Å²) < 4.78 is 34.0. The third kappa shape index (κ3) is 5.42. The quantitative estimate of drug-likeness (QED) is 0.322. The van der Waals surface area contributed by atoms with Crippen molar-refractivity contribution in [3.63, 3.8) is 0 Å². The van der Waals surface area contributed by atoms with E-state index in [0.717, 1.165) is 34.6 Å². The van der Waals surface area contributed by atoms with Gasteiger partial charge < -0.3 is 20.3 Å². The van der Waals surface area contributed by atoms with Gasteiger partial charge in [-0.1, -0.05) is 5.21 Å². The number of alkyl halides is 2. The summed E-state index contributed by atoms with van der Waals surface area (Å²) in [6.07, 6.45) is 5.89. The molecule has 1 aliphatic heterocycles. The molecule has 2 aliphatic rings. The highest BCUT2D eigenvalue weighted by molar-refractivity contribution is 5.80. The number of halogens is 2. The number of likely N-dealkylation sites (tertiary alicyclic amines) is 1. The Morgan fingerprint density at radius 3 is 2.74 bits per heavy atom. The number of nitrogens with zero attached hydrogens (tertiary/aromatic N) is 8. The molecule has 4 aromatic rings. The Bertz CT molecular complexity index is 1700. The number of hydrogen-bond acceptors (Lipinski definition) is 9. The third-order valence-electron chi connectivity index (χ3n) is 7.42. The van der Waals surface area contributed by atoms with Gasteiger partial charge in [0.1, 0.15) is 18.3 Å². The van der Waals surface area contributed by atoms with Crippen LogP contribution in [0.3, 0.4) is 0 Å². The standard InChI is InChI=1S/C27H26F2N10O3/c1-42-26(41)32-9-16-4-18(5-16)34-21-7-22(24-3-2-19-6-17(8-30)10-33-39(19)24)31-11-20(21)23-12-38(36-35-23)13-25(40)37-14-27(28,29)15-37/h2-3,6-7,10-12,16,18H,4-5,9,13-15H2,1H3,(H,31,34)(H,32,41). The topological polar surface area (TPSA) is 155 Å². The number of alkyl carbamates (subject to hydrolysis) is 1. The van der Waals surface area contributed by atoms with Gasteiger partial charge in [0, 0.05) is 30.0 Å². The Labute approximate surface area is 238 Å². The molecule has 2 fully saturated rings. The van der Waals surface area contributed by atoms with Gasteiger partial charge in [0.25, 0.3) is 5.92 Å². The van der Waals surface area contributed by atoms with Crippen molar-refractivity contribution in [2.75, 3.05) is 32.1 Å². The number of anilines is 1. The first kappa shape index (κ1) is 27.1. The second-order valence-electron chi connectivity index (χ2n) is 10.5. The Hall–Kier alpha value is -5.13. The molecular formula is C27H26F2N10O3. The minimum absolute atomic E-state index is 0.119. The maximum Gasteiger partial charge on any atom is 0.406 e. The van der Waals surface area contributed by atoms with Crippen molar-refractivity contribution in [3.05, 3.63) is 48.4 Å². The van der Waals surface area contributed by atoms with Crippen LogP contribution in [-0.2, 0) is 16.1 Å². The molecule has 216 valence electrons. The third-order valence-corrected chi connectivity index (χ3v) is 7.42. The highest BCUT2D eigenvalue weighted by atomic mass is 19.3. The lowest BCUT2D eigenvalue weighted by atomic mass is 9.80. The van der Waals surface area contributed by atoms with E-state index in [-0.39, 0.29) is 12.6 Å². The van der Waals surface area contributed by atoms with E-state index in [1.165, 1.54) is 18.0 Å². The fourth-order valence-electron chi connectivity index (χ4n) is 5.14. The van der Waals surface area contributed by atoms with Crippen molar-refractivity contribution in [1.29, 1.82) is 5.26 Å². The maximum absolute atomic E-state index is 13.2. The van der Waals surface area contributed by atoms with Crippen LogP contribution in [0.4, 0.5) is 19.3 Å². The van der Waals surface area contributed by atoms with Crippen LogP contribution in [0.5, 0.6) is 0 Å². The van der Waals surface area contributed by atoms with Gasteiger partial charge >= 0.3 is 6.09 Å². The number of amides is 2. The number of fused-ring (bicyclic) bond motifs is 1. The molecule has 0 bridgehead atoms. The number of carbonyl (C=O) groups excluding carboxylic acids is 2. The van der Waals surface area contributed by atoms with Crippen LogP contribution in [0.25, 0.3) is 28.2 Å². The normalized spacial score (nSPS) is 19.0. The van der Waals surface area contributed by atoms with Crippen LogP contribution in [0, 0.1) is 17.2 Å². The number of rotatable bonds is 8. The minimum atomic E-state index is -2.84. The number of hydrogen-bond donors (Lipinski definition) is 2. The van der Waals surface area contributed by atoms with E-state index in [4.69, 9.17) is 0 Å². The summed E-state index contributed by atoms with van der Waals surface area (Å²) in [4.78, 5) is 29.5. The molecule has 0 aromatic carbocycles. The zero-order chi connectivity index (χ0) is 29.4. The van der Waals surface area contributed by atoms with E-state index in [1.807, 2.05) is 18.2 Å². The molecule has 5 heterocycles. The zero-order valence-electron chi connectivity index (χ0n) is 22.5. The van der Waals surface area contributed by atoms with Crippen molar-refractivity contribution < 1.29 is 23.1 Å². The molecule has 0 atom stereocenters. The fraction of sp³-hybridized carbons (Fsp3) is 0.370. The molecule has 1 saturated carbocycles. The van der Waals surface area contributed by atoms with Gasteiger partial charge in [-0.05, 0) is 43.0 Å². The molecule has 13 nitrogen and oxygen atoms in total. The lowest BCUT2D eigenvalue weighted by Gasteiger charge is -2.38. The molecule has 2 amide bonds. The van der Waals surface area contributed by atoms with Gasteiger partial charge in [0.15, 0.2) is 0 Å². The predicted octanol–water partition coefficient (Wildman–Crippen LogP) is 2.55. The zero-order valence-corrected chi connectivity index (χ0v) is 22.5. The molecule has 0 spiro atoms. The van der Waals surface area contributed by atoms with Crippen molar-refractivity contribution in [2.24, 2.45) is 5.92 Å². The van der Waals surface area contributed by atoms with E-state index < -0.39 is 31.0 Å². The highest BCUT2D eigenvalue weighted by Gasteiger charge is 2.46. The molecule has 2 N–H and O–H groups in total. The van der Waals surface area contributed by atoms with E-state index in [0.29, 0.717) is 35.0 Å². The van der Waals surface area contributed by atoms with E-state index in [2.05, 4.69) is 41.8 Å². The van der Waals surface area contributed by atoms with Crippen LogP contribution in [-0.4, -0.2) is 85.2 Å². The van der Waals surface area contributed by atoms with Crippen LogP contribution >= 0.6 is 0 Å². The van der Waals surface area contributed by atoms with E-state index >= 15 is 0 Å². The van der Waals surface area contributed by atoms with Gasteiger partial charge in [-0.2, -0.15) is 10.4 Å². The first-order valence-corrected chi connectivity index (χ1v) is 13.2. The summed E-state index contributed by atoms with van der Waals surface area (Å²) in [6, 6.07) is 9.54. The van der Waals surface area contributed by atoms with E-state index in [1.54, 1.807) is 23.0 Å². The molecule has 1 aliphatic carbocycles. The monoisotopic (exact) mass is 576 g/mol. The smallest absolute Gasteiger partial charge is 0.406 e. The molecular weight excluding hydrogens is 550 g/mol. The van der Waals surface area contributed by atoms with E-state index in [9.17, 15) is 23.6 Å². The summed E-state index contributed by atoms with van der Waals surface area (Å²) in [5.41, 5.74) is 4.37. The number of nitrogens with one attached hydrogen (secondary N) is 2. The predicted molar refractivity (Wildman–Crippen MR) is 144 cm³/mol. The minimum Gasteiger partial charge on any atom is -0.453 e. The lowest BCUT2D eigenvalue weighted by Crippen LogP contribution is -2.59. The van der Waals surface area contributed by atoms with Crippen LogP contribution in [0.15, 0.2) is 42.9 Å². The SMILES string of the molecule is COC(=O)NCC1CC(Nc2cc(-c3ccc4cc(C#N)cnn34)ncc2-c2cn(CC(=O)N3CC(F)(F)C3)nn2)C1. The van der Waals surface area contributed by atoms with Crippen LogP contribution in [0.2, 0.25) is 0 Å². The Morgan fingerprint density at radius 2 is 2.00 bits per heavy atom. The highest BCUT2D eigenvalue weighted by Crippen LogP contribution is 2.35. The summed E-state index contributed by atoms with van der Waals surface area (Å²) >= 11 is 0. The molecule has 4 aromatic heterocycles. The Kier molecular flexibility index (Phi) is 6.89. The number of aromatic nitrogens is 6. The van der Waals surface area contributed by atoms with Gasteiger partial charge in [-0.25, -0.2) is 22.8 Å². The Balaban J connectivity index is 1.24. The van der Waals surface area contributed by atoms with Gasteiger partial charge in [0.2, 0.25) is 5.91 Å². The molecule has 0 unspecified atom stereocenters. The average Bonchev–Trinajstić information content (AvgIpc) is 3.59. The first-order valence-electron chi connectivity index (χ1n) is 13.2. The van der Waals surface area contributed by atoms with Gasteiger partial charge in [0.05, 0.1) is 55.1 Å². The average molecular weight is 577 g/mol. The molecule has 6 rings (SSSR count). The first-order chi connectivity index (χ1) is 20.2. The van der Waals surface area contributed by atoms with Crippen LogP contribution < -0.4 is 10.6 Å². The second-order valence-corrected chi connectivity index (χ2v) is 10.5. The molecule has 15 heteroatoms.